The molecule has 0 spiro atoms. The number of nitrogens with zero attached hydrogens (tertiary/aromatic N) is 2. The lowest BCUT2D eigenvalue weighted by atomic mass is 10.0. The van der Waals surface area contributed by atoms with Crippen LogP contribution in [0.4, 0.5) is 18.9 Å². The second-order valence-electron chi connectivity index (χ2n) is 5.13. The molecule has 1 heterocycles. The van der Waals surface area contributed by atoms with Gasteiger partial charge in [0.1, 0.15) is 11.6 Å². The summed E-state index contributed by atoms with van der Waals surface area (Å²) in [5.41, 5.74) is 4.96. The van der Waals surface area contributed by atoms with E-state index in [1.807, 2.05) is 0 Å². The van der Waals surface area contributed by atoms with E-state index in [1.165, 1.54) is 0 Å². The summed E-state index contributed by atoms with van der Waals surface area (Å²) in [5.74, 6) is 0.263. The van der Waals surface area contributed by atoms with Crippen LogP contribution in [0.25, 0.3) is 0 Å². The standard InChI is InChI=1S/C12H16ClF3N4O/c13-10-9(19-8-3-1-2-7(8)4-17)5-18-20(11(10)21)6-12(14,15)16/h5,7-8,19H,1-4,6,17H2. The Morgan fingerprint density at radius 2 is 2.19 bits per heavy atom. The Morgan fingerprint density at radius 3 is 2.81 bits per heavy atom. The van der Waals surface area contributed by atoms with Gasteiger partial charge in [-0.2, -0.15) is 18.3 Å². The Morgan fingerprint density at radius 1 is 1.48 bits per heavy atom. The molecule has 9 heteroatoms. The van der Waals surface area contributed by atoms with E-state index in [0.717, 1.165) is 25.5 Å². The van der Waals surface area contributed by atoms with Crippen LogP contribution < -0.4 is 16.6 Å². The van der Waals surface area contributed by atoms with Gasteiger partial charge in [0, 0.05) is 6.04 Å². The fourth-order valence-corrected chi connectivity index (χ4v) is 2.76. The molecular formula is C12H16ClF3N4O. The van der Waals surface area contributed by atoms with Crippen molar-refractivity contribution in [2.45, 2.75) is 38.0 Å². The van der Waals surface area contributed by atoms with Crippen molar-refractivity contribution in [3.63, 3.8) is 0 Å². The maximum atomic E-state index is 12.3. The van der Waals surface area contributed by atoms with E-state index < -0.39 is 18.3 Å². The molecule has 0 aliphatic heterocycles. The fraction of sp³-hybridized carbons (Fsp3) is 0.667. The van der Waals surface area contributed by atoms with E-state index in [0.29, 0.717) is 11.2 Å². The van der Waals surface area contributed by atoms with Crippen molar-refractivity contribution in [2.24, 2.45) is 11.7 Å². The topological polar surface area (TPSA) is 72.9 Å². The van der Waals surface area contributed by atoms with Crippen molar-refractivity contribution < 1.29 is 13.2 Å². The van der Waals surface area contributed by atoms with Crippen molar-refractivity contribution in [1.82, 2.24) is 9.78 Å². The molecule has 118 valence electrons. The van der Waals surface area contributed by atoms with Gasteiger partial charge in [-0.05, 0) is 25.3 Å². The SMILES string of the molecule is NCC1CCCC1Nc1cnn(CC(F)(F)F)c(=O)c1Cl. The average Bonchev–Trinajstić information content (AvgIpc) is 2.84. The number of nitrogens with two attached hydrogens (primary N) is 1. The quantitative estimate of drug-likeness (QED) is 0.888. The predicted octanol–water partition coefficient (Wildman–Crippen LogP) is 2.00. The number of anilines is 1. The van der Waals surface area contributed by atoms with Crippen molar-refractivity contribution in [2.75, 3.05) is 11.9 Å². The van der Waals surface area contributed by atoms with E-state index >= 15 is 0 Å². The summed E-state index contributed by atoms with van der Waals surface area (Å²) in [6.07, 6.45) is -0.503. The van der Waals surface area contributed by atoms with Gasteiger partial charge in [-0.3, -0.25) is 4.79 Å². The zero-order chi connectivity index (χ0) is 15.6. The molecular weight excluding hydrogens is 309 g/mol. The van der Waals surface area contributed by atoms with Crippen LogP contribution in [-0.2, 0) is 6.54 Å². The van der Waals surface area contributed by atoms with E-state index in [2.05, 4.69) is 10.4 Å². The lowest BCUT2D eigenvalue weighted by molar-refractivity contribution is -0.143. The van der Waals surface area contributed by atoms with Crippen LogP contribution in [0, 0.1) is 5.92 Å². The molecule has 1 aliphatic carbocycles. The molecule has 0 amide bonds. The van der Waals surface area contributed by atoms with E-state index in [9.17, 15) is 18.0 Å². The lowest BCUT2D eigenvalue weighted by Gasteiger charge is -2.21. The number of hydrogen-bond acceptors (Lipinski definition) is 4. The third-order valence-electron chi connectivity index (χ3n) is 3.62. The number of aromatic nitrogens is 2. The molecule has 0 radical (unpaired) electrons. The van der Waals surface area contributed by atoms with Gasteiger partial charge in [0.2, 0.25) is 0 Å². The summed E-state index contributed by atoms with van der Waals surface area (Å²) in [5, 5.41) is 6.31. The first-order valence-corrected chi connectivity index (χ1v) is 6.98. The first-order valence-electron chi connectivity index (χ1n) is 6.61. The van der Waals surface area contributed by atoms with Gasteiger partial charge in [-0.15, -0.1) is 0 Å². The molecule has 2 rings (SSSR count). The first kappa shape index (κ1) is 16.1. The minimum absolute atomic E-state index is 0.0622. The summed E-state index contributed by atoms with van der Waals surface area (Å²) in [4.78, 5) is 11.8. The summed E-state index contributed by atoms with van der Waals surface area (Å²) in [7, 11) is 0. The average molecular weight is 325 g/mol. The summed E-state index contributed by atoms with van der Waals surface area (Å²) < 4.78 is 37.2. The van der Waals surface area contributed by atoms with Crippen LogP contribution in [0.3, 0.4) is 0 Å². The Bertz CT molecular complexity index is 560. The van der Waals surface area contributed by atoms with Gasteiger partial charge in [0.05, 0.1) is 11.9 Å². The van der Waals surface area contributed by atoms with Crippen LogP contribution in [-0.4, -0.2) is 28.5 Å². The van der Waals surface area contributed by atoms with Crippen LogP contribution in [0.2, 0.25) is 5.02 Å². The van der Waals surface area contributed by atoms with Gasteiger partial charge in [0.25, 0.3) is 5.56 Å². The van der Waals surface area contributed by atoms with Gasteiger partial charge < -0.3 is 11.1 Å². The van der Waals surface area contributed by atoms with E-state index in [1.54, 1.807) is 0 Å². The maximum absolute atomic E-state index is 12.3. The normalized spacial score (nSPS) is 22.5. The molecule has 21 heavy (non-hydrogen) atoms. The number of hydrogen-bond donors (Lipinski definition) is 2. The monoisotopic (exact) mass is 324 g/mol. The van der Waals surface area contributed by atoms with Gasteiger partial charge in [-0.25, -0.2) is 4.68 Å². The highest BCUT2D eigenvalue weighted by Gasteiger charge is 2.30. The highest BCUT2D eigenvalue weighted by Crippen LogP contribution is 2.29. The van der Waals surface area contributed by atoms with Crippen molar-refractivity contribution in [1.29, 1.82) is 0 Å². The minimum atomic E-state index is -4.52. The molecule has 2 unspecified atom stereocenters. The maximum Gasteiger partial charge on any atom is 0.408 e. The third-order valence-corrected chi connectivity index (χ3v) is 3.98. The van der Waals surface area contributed by atoms with E-state index in [-0.39, 0.29) is 22.7 Å². The fourth-order valence-electron chi connectivity index (χ4n) is 2.56. The van der Waals surface area contributed by atoms with Crippen LogP contribution in [0.5, 0.6) is 0 Å². The minimum Gasteiger partial charge on any atom is -0.379 e. The Balaban J connectivity index is 2.19. The molecule has 0 saturated heterocycles. The molecule has 1 aromatic rings. The Kier molecular flexibility index (Phi) is 4.77. The molecule has 1 aromatic heterocycles. The second-order valence-corrected chi connectivity index (χ2v) is 5.51. The number of nitrogens with one attached hydrogen (secondary N) is 1. The van der Waals surface area contributed by atoms with Crippen molar-refractivity contribution >= 4 is 17.3 Å². The van der Waals surface area contributed by atoms with Crippen LogP contribution in [0.15, 0.2) is 11.0 Å². The molecule has 0 aromatic carbocycles. The highest BCUT2D eigenvalue weighted by atomic mass is 35.5. The zero-order valence-corrected chi connectivity index (χ0v) is 11.9. The number of alkyl halides is 3. The van der Waals surface area contributed by atoms with E-state index in [4.69, 9.17) is 17.3 Å². The van der Waals surface area contributed by atoms with Crippen molar-refractivity contribution in [3.05, 3.63) is 21.6 Å². The lowest BCUT2D eigenvalue weighted by Crippen LogP contribution is -2.33. The number of rotatable bonds is 4. The summed E-state index contributed by atoms with van der Waals surface area (Å²) >= 11 is 5.86. The molecule has 1 aliphatic rings. The Labute approximate surface area is 124 Å². The van der Waals surface area contributed by atoms with Gasteiger partial charge in [-0.1, -0.05) is 18.0 Å². The van der Waals surface area contributed by atoms with Gasteiger partial charge in [0.15, 0.2) is 0 Å². The molecule has 2 atom stereocenters. The zero-order valence-electron chi connectivity index (χ0n) is 11.2. The predicted molar refractivity (Wildman–Crippen MR) is 73.4 cm³/mol. The first-order chi connectivity index (χ1) is 9.81. The molecule has 1 fully saturated rings. The summed E-state index contributed by atoms with van der Waals surface area (Å²) in [6.45, 7) is -0.950. The smallest absolute Gasteiger partial charge is 0.379 e. The van der Waals surface area contributed by atoms with Crippen molar-refractivity contribution in [3.8, 4) is 0 Å². The third kappa shape index (κ3) is 3.88. The molecule has 1 saturated carbocycles. The van der Waals surface area contributed by atoms with Gasteiger partial charge >= 0.3 is 6.18 Å². The van der Waals surface area contributed by atoms with Crippen LogP contribution in [0.1, 0.15) is 19.3 Å². The molecule has 0 bridgehead atoms. The number of halogens is 4. The largest absolute Gasteiger partial charge is 0.408 e. The molecule has 3 N–H and O–H groups in total. The highest BCUT2D eigenvalue weighted by molar-refractivity contribution is 6.32. The molecule has 5 nitrogen and oxygen atoms in total. The summed E-state index contributed by atoms with van der Waals surface area (Å²) in [6, 6.07) is 0.0622. The second kappa shape index (κ2) is 6.23. The van der Waals surface area contributed by atoms with Crippen LogP contribution >= 0.6 is 11.6 Å². The Hall–Kier alpha value is -1.28.